The van der Waals surface area contributed by atoms with Crippen LogP contribution in [0.15, 0.2) is 36.5 Å². The van der Waals surface area contributed by atoms with E-state index in [1.54, 1.807) is 12.3 Å². The van der Waals surface area contributed by atoms with Gasteiger partial charge < -0.3 is 5.32 Å². The van der Waals surface area contributed by atoms with E-state index in [-0.39, 0.29) is 0 Å². The first-order chi connectivity index (χ1) is 8.29. The van der Waals surface area contributed by atoms with Gasteiger partial charge in [0.25, 0.3) is 0 Å². The maximum absolute atomic E-state index is 8.78. The topological polar surface area (TPSA) is 53.6 Å². The van der Waals surface area contributed by atoms with Gasteiger partial charge in [-0.3, -0.25) is 4.68 Å². The van der Waals surface area contributed by atoms with Crippen molar-refractivity contribution >= 4 is 5.69 Å². The van der Waals surface area contributed by atoms with Gasteiger partial charge in [-0.1, -0.05) is 6.07 Å². The minimum atomic E-state index is 0.676. The van der Waals surface area contributed by atoms with E-state index in [0.29, 0.717) is 5.56 Å². The van der Waals surface area contributed by atoms with Crippen LogP contribution in [-0.2, 0) is 13.5 Å². The van der Waals surface area contributed by atoms with Gasteiger partial charge >= 0.3 is 0 Å². The minimum absolute atomic E-state index is 0.676. The van der Waals surface area contributed by atoms with Crippen molar-refractivity contribution in [1.29, 1.82) is 5.26 Å². The molecule has 1 N–H and O–H groups in total. The van der Waals surface area contributed by atoms with E-state index >= 15 is 0 Å². The number of anilines is 1. The number of benzene rings is 1. The molecular formula is C13H14N4. The van der Waals surface area contributed by atoms with E-state index < -0.39 is 0 Å². The van der Waals surface area contributed by atoms with Gasteiger partial charge in [-0.05, 0) is 24.3 Å². The number of nitriles is 1. The third kappa shape index (κ3) is 2.85. The second-order valence-electron chi connectivity index (χ2n) is 3.82. The molecule has 2 rings (SSSR count). The van der Waals surface area contributed by atoms with Crippen LogP contribution >= 0.6 is 0 Å². The van der Waals surface area contributed by atoms with Crippen molar-refractivity contribution in [3.8, 4) is 6.07 Å². The molecule has 0 aliphatic carbocycles. The molecule has 0 spiro atoms. The smallest absolute Gasteiger partial charge is 0.0992 e. The maximum Gasteiger partial charge on any atom is 0.0992 e. The molecule has 0 fully saturated rings. The van der Waals surface area contributed by atoms with Crippen molar-refractivity contribution in [2.24, 2.45) is 7.05 Å². The fourth-order valence-electron chi connectivity index (χ4n) is 1.68. The Balaban J connectivity index is 1.90. The Morgan fingerprint density at radius 1 is 1.41 bits per heavy atom. The molecule has 0 unspecified atom stereocenters. The fourth-order valence-corrected chi connectivity index (χ4v) is 1.68. The zero-order chi connectivity index (χ0) is 12.1. The van der Waals surface area contributed by atoms with E-state index in [2.05, 4.69) is 16.5 Å². The predicted molar refractivity (Wildman–Crippen MR) is 66.6 cm³/mol. The Bertz CT molecular complexity index is 536. The van der Waals surface area contributed by atoms with Gasteiger partial charge in [0.2, 0.25) is 0 Å². The molecule has 0 saturated heterocycles. The highest BCUT2D eigenvalue weighted by molar-refractivity contribution is 5.49. The van der Waals surface area contributed by atoms with Crippen LogP contribution in [0, 0.1) is 11.3 Å². The standard InChI is InChI=1S/C13H14N4/c1-17-13(6-8-16-17)5-7-15-12-4-2-3-11(9-12)10-14/h2-4,6,8-9,15H,5,7H2,1H3. The average molecular weight is 226 g/mol. The third-order valence-corrected chi connectivity index (χ3v) is 2.62. The van der Waals surface area contributed by atoms with Crippen molar-refractivity contribution in [2.75, 3.05) is 11.9 Å². The number of hydrogen-bond donors (Lipinski definition) is 1. The first-order valence-corrected chi connectivity index (χ1v) is 5.50. The SMILES string of the molecule is Cn1nccc1CCNc1cccc(C#N)c1. The predicted octanol–water partition coefficient (Wildman–Crippen LogP) is 1.95. The summed E-state index contributed by atoms with van der Waals surface area (Å²) in [5.41, 5.74) is 2.84. The molecule has 86 valence electrons. The Hall–Kier alpha value is -2.28. The third-order valence-electron chi connectivity index (χ3n) is 2.62. The van der Waals surface area contributed by atoms with Crippen LogP contribution in [0.25, 0.3) is 0 Å². The summed E-state index contributed by atoms with van der Waals surface area (Å²) in [4.78, 5) is 0. The minimum Gasteiger partial charge on any atom is -0.385 e. The number of aryl methyl sites for hydroxylation is 1. The summed E-state index contributed by atoms with van der Waals surface area (Å²) in [5, 5.41) is 16.2. The van der Waals surface area contributed by atoms with Crippen LogP contribution in [0.3, 0.4) is 0 Å². The molecule has 2 aromatic rings. The van der Waals surface area contributed by atoms with Gasteiger partial charge in [0, 0.05) is 37.6 Å². The number of hydrogen-bond acceptors (Lipinski definition) is 3. The number of aromatic nitrogens is 2. The van der Waals surface area contributed by atoms with Crippen LogP contribution in [0.4, 0.5) is 5.69 Å². The van der Waals surface area contributed by atoms with Crippen molar-refractivity contribution < 1.29 is 0 Å². The molecule has 0 saturated carbocycles. The quantitative estimate of drug-likeness (QED) is 0.866. The van der Waals surface area contributed by atoms with Gasteiger partial charge in [0.05, 0.1) is 11.6 Å². The molecule has 1 aromatic heterocycles. The van der Waals surface area contributed by atoms with E-state index in [1.807, 2.05) is 36.0 Å². The van der Waals surface area contributed by atoms with Crippen LogP contribution in [0.2, 0.25) is 0 Å². The lowest BCUT2D eigenvalue weighted by molar-refractivity contribution is 0.711. The zero-order valence-corrected chi connectivity index (χ0v) is 9.72. The Kier molecular flexibility index (Phi) is 3.41. The van der Waals surface area contributed by atoms with Crippen LogP contribution in [-0.4, -0.2) is 16.3 Å². The summed E-state index contributed by atoms with van der Waals surface area (Å²) < 4.78 is 1.87. The first-order valence-electron chi connectivity index (χ1n) is 5.50. The highest BCUT2D eigenvalue weighted by Crippen LogP contribution is 2.09. The molecule has 0 radical (unpaired) electrons. The summed E-state index contributed by atoms with van der Waals surface area (Å²) in [5.74, 6) is 0. The van der Waals surface area contributed by atoms with Gasteiger partial charge in [0.1, 0.15) is 0 Å². The molecule has 1 aromatic carbocycles. The first kappa shape index (κ1) is 11.2. The Morgan fingerprint density at radius 2 is 2.29 bits per heavy atom. The van der Waals surface area contributed by atoms with Crippen molar-refractivity contribution in [2.45, 2.75) is 6.42 Å². The monoisotopic (exact) mass is 226 g/mol. The summed E-state index contributed by atoms with van der Waals surface area (Å²) >= 11 is 0. The number of nitrogens with one attached hydrogen (secondary N) is 1. The summed E-state index contributed by atoms with van der Waals surface area (Å²) in [7, 11) is 1.94. The van der Waals surface area contributed by atoms with Gasteiger partial charge in [-0.15, -0.1) is 0 Å². The lowest BCUT2D eigenvalue weighted by Gasteiger charge is -2.06. The normalized spacial score (nSPS) is 9.88. The summed E-state index contributed by atoms with van der Waals surface area (Å²) in [6.45, 7) is 0.828. The van der Waals surface area contributed by atoms with Gasteiger partial charge in [0.15, 0.2) is 0 Å². The molecule has 0 bridgehead atoms. The summed E-state index contributed by atoms with van der Waals surface area (Å²) in [6.07, 6.45) is 2.71. The molecule has 4 heteroatoms. The average Bonchev–Trinajstić information content (AvgIpc) is 2.76. The largest absolute Gasteiger partial charge is 0.385 e. The molecular weight excluding hydrogens is 212 g/mol. The molecule has 17 heavy (non-hydrogen) atoms. The van der Waals surface area contributed by atoms with E-state index in [4.69, 9.17) is 5.26 Å². The van der Waals surface area contributed by atoms with Gasteiger partial charge in [-0.25, -0.2) is 0 Å². The number of nitrogens with zero attached hydrogens (tertiary/aromatic N) is 3. The highest BCUT2D eigenvalue weighted by Gasteiger charge is 1.98. The zero-order valence-electron chi connectivity index (χ0n) is 9.72. The molecule has 4 nitrogen and oxygen atoms in total. The lowest BCUT2D eigenvalue weighted by Crippen LogP contribution is -2.08. The molecule has 0 aliphatic heterocycles. The second kappa shape index (κ2) is 5.17. The van der Waals surface area contributed by atoms with Crippen molar-refractivity contribution in [3.63, 3.8) is 0 Å². The van der Waals surface area contributed by atoms with Crippen molar-refractivity contribution in [1.82, 2.24) is 9.78 Å². The van der Waals surface area contributed by atoms with Crippen LogP contribution in [0.1, 0.15) is 11.3 Å². The molecule has 0 atom stereocenters. The Morgan fingerprint density at radius 3 is 3.00 bits per heavy atom. The van der Waals surface area contributed by atoms with E-state index in [0.717, 1.165) is 18.7 Å². The summed E-state index contributed by atoms with van der Waals surface area (Å²) in [6, 6.07) is 11.6. The highest BCUT2D eigenvalue weighted by atomic mass is 15.3. The van der Waals surface area contributed by atoms with E-state index in [9.17, 15) is 0 Å². The molecule has 0 amide bonds. The van der Waals surface area contributed by atoms with E-state index in [1.165, 1.54) is 5.69 Å². The second-order valence-corrected chi connectivity index (χ2v) is 3.82. The Labute approximate surface area is 100 Å². The van der Waals surface area contributed by atoms with Crippen molar-refractivity contribution in [3.05, 3.63) is 47.8 Å². The lowest BCUT2D eigenvalue weighted by atomic mass is 10.2. The van der Waals surface area contributed by atoms with Gasteiger partial charge in [-0.2, -0.15) is 10.4 Å². The number of rotatable bonds is 4. The maximum atomic E-state index is 8.78. The molecule has 0 aliphatic rings. The fraction of sp³-hybridized carbons (Fsp3) is 0.231. The van der Waals surface area contributed by atoms with Crippen LogP contribution in [0.5, 0.6) is 0 Å². The molecule has 1 heterocycles. The van der Waals surface area contributed by atoms with Crippen LogP contribution < -0.4 is 5.32 Å².